The lowest BCUT2D eigenvalue weighted by Crippen LogP contribution is -2.27. The van der Waals surface area contributed by atoms with E-state index in [-0.39, 0.29) is 4.90 Å². The minimum absolute atomic E-state index is 0.167. The van der Waals surface area contributed by atoms with Crippen molar-refractivity contribution in [1.82, 2.24) is 9.29 Å². The number of nitrogens with one attached hydrogen (secondary N) is 1. The zero-order chi connectivity index (χ0) is 23.0. The van der Waals surface area contributed by atoms with E-state index in [2.05, 4.69) is 10.3 Å². The standard InChI is InChI=1S/C23H19N3O5S2/c27-21(15-7-9-17(10-8-15)33(29,30)26-11-3-4-12-26)25-23-24-19(14-32-23)18-13-16-5-1-2-6-20(16)31-22(18)28/h1-2,5-10,13-14H,3-4,11-12H2,(H,24,25,27). The quantitative estimate of drug-likeness (QED) is 0.432. The second-order valence-corrected chi connectivity index (χ2v) is 10.4. The van der Waals surface area contributed by atoms with E-state index in [1.54, 1.807) is 23.6 Å². The number of sulfonamides is 1. The molecule has 0 atom stereocenters. The number of hydrogen-bond donors (Lipinski definition) is 1. The van der Waals surface area contributed by atoms with Crippen LogP contribution in [0.3, 0.4) is 0 Å². The fraction of sp³-hybridized carbons (Fsp3) is 0.174. The summed E-state index contributed by atoms with van der Waals surface area (Å²) in [7, 11) is -3.53. The second kappa shape index (κ2) is 8.54. The number of rotatable bonds is 5. The van der Waals surface area contributed by atoms with Gasteiger partial charge < -0.3 is 4.42 Å². The number of thiazole rings is 1. The van der Waals surface area contributed by atoms with E-state index < -0.39 is 21.6 Å². The van der Waals surface area contributed by atoms with Crippen molar-refractivity contribution in [3.8, 4) is 11.3 Å². The molecule has 0 aliphatic carbocycles. The Morgan fingerprint density at radius 2 is 1.79 bits per heavy atom. The van der Waals surface area contributed by atoms with Crippen molar-refractivity contribution >= 4 is 43.4 Å². The molecule has 0 saturated carbocycles. The van der Waals surface area contributed by atoms with Gasteiger partial charge in [0.2, 0.25) is 10.0 Å². The number of carbonyl (C=O) groups is 1. The van der Waals surface area contributed by atoms with Gasteiger partial charge in [-0.15, -0.1) is 11.3 Å². The molecule has 2 aromatic heterocycles. The predicted molar refractivity (Wildman–Crippen MR) is 126 cm³/mol. The predicted octanol–water partition coefficient (Wildman–Crippen LogP) is 3.95. The Labute approximate surface area is 193 Å². The maximum absolute atomic E-state index is 12.6. The molecule has 2 aromatic carbocycles. The van der Waals surface area contributed by atoms with Crippen LogP contribution in [0.5, 0.6) is 0 Å². The van der Waals surface area contributed by atoms with Gasteiger partial charge in [-0.2, -0.15) is 4.31 Å². The number of amides is 1. The molecule has 1 N–H and O–H groups in total. The number of carbonyl (C=O) groups excluding carboxylic acids is 1. The molecule has 4 aromatic rings. The summed E-state index contributed by atoms with van der Waals surface area (Å²) in [5, 5.41) is 5.45. The molecule has 8 nitrogen and oxygen atoms in total. The third kappa shape index (κ3) is 4.20. The molecule has 1 aliphatic heterocycles. The first kappa shape index (κ1) is 21.5. The molecular weight excluding hydrogens is 462 g/mol. The van der Waals surface area contributed by atoms with E-state index >= 15 is 0 Å². The number of fused-ring (bicyclic) bond motifs is 1. The first-order valence-electron chi connectivity index (χ1n) is 10.3. The highest BCUT2D eigenvalue weighted by molar-refractivity contribution is 7.89. The summed E-state index contributed by atoms with van der Waals surface area (Å²) in [5.74, 6) is -0.424. The van der Waals surface area contributed by atoms with Crippen LogP contribution in [0.4, 0.5) is 5.13 Å². The number of hydrogen-bond acceptors (Lipinski definition) is 7. The first-order chi connectivity index (χ1) is 15.9. The average molecular weight is 482 g/mol. The maximum Gasteiger partial charge on any atom is 0.345 e. The van der Waals surface area contributed by atoms with Crippen LogP contribution in [-0.4, -0.2) is 36.7 Å². The van der Waals surface area contributed by atoms with Gasteiger partial charge >= 0.3 is 5.63 Å². The number of aromatic nitrogens is 1. The fourth-order valence-corrected chi connectivity index (χ4v) is 5.94. The summed E-state index contributed by atoms with van der Waals surface area (Å²) in [6, 6.07) is 14.7. The van der Waals surface area contributed by atoms with Crippen molar-refractivity contribution in [3.05, 3.63) is 76.0 Å². The van der Waals surface area contributed by atoms with E-state index in [0.29, 0.717) is 40.6 Å². The molecule has 33 heavy (non-hydrogen) atoms. The maximum atomic E-state index is 12.6. The third-order valence-electron chi connectivity index (χ3n) is 5.46. The van der Waals surface area contributed by atoms with Crippen LogP contribution in [0.15, 0.2) is 74.1 Å². The minimum atomic E-state index is -3.53. The van der Waals surface area contributed by atoms with Crippen LogP contribution in [0.25, 0.3) is 22.2 Å². The van der Waals surface area contributed by atoms with Gasteiger partial charge in [-0.25, -0.2) is 18.2 Å². The molecule has 5 rings (SSSR count). The highest BCUT2D eigenvalue weighted by atomic mass is 32.2. The summed E-state index contributed by atoms with van der Waals surface area (Å²) in [6.07, 6.45) is 1.72. The van der Waals surface area contributed by atoms with Crippen LogP contribution in [0, 0.1) is 0 Å². The van der Waals surface area contributed by atoms with E-state index in [1.807, 2.05) is 12.1 Å². The molecule has 0 spiro atoms. The molecule has 168 valence electrons. The summed E-state index contributed by atoms with van der Waals surface area (Å²) in [5.41, 5.74) is 0.998. The Hall–Kier alpha value is -3.34. The molecule has 1 saturated heterocycles. The molecular formula is C23H19N3O5S2. The molecule has 0 bridgehead atoms. The fourth-order valence-electron chi connectivity index (χ4n) is 3.72. The lowest BCUT2D eigenvalue weighted by molar-refractivity contribution is 0.102. The minimum Gasteiger partial charge on any atom is -0.422 e. The topological polar surface area (TPSA) is 110 Å². The van der Waals surface area contributed by atoms with Gasteiger partial charge in [-0.05, 0) is 49.2 Å². The lowest BCUT2D eigenvalue weighted by atomic mass is 10.1. The van der Waals surface area contributed by atoms with Crippen molar-refractivity contribution in [2.24, 2.45) is 0 Å². The van der Waals surface area contributed by atoms with Gasteiger partial charge in [-0.1, -0.05) is 18.2 Å². The van der Waals surface area contributed by atoms with E-state index in [4.69, 9.17) is 4.42 Å². The number of benzene rings is 2. The van der Waals surface area contributed by atoms with E-state index in [0.717, 1.165) is 18.2 Å². The monoisotopic (exact) mass is 481 g/mol. The van der Waals surface area contributed by atoms with Gasteiger partial charge in [-0.3, -0.25) is 10.1 Å². The molecule has 1 amide bonds. The molecule has 10 heteroatoms. The number of anilines is 1. The van der Waals surface area contributed by atoms with Gasteiger partial charge in [0.15, 0.2) is 5.13 Å². The van der Waals surface area contributed by atoms with Gasteiger partial charge in [0.05, 0.1) is 16.2 Å². The third-order valence-corrected chi connectivity index (χ3v) is 8.13. The van der Waals surface area contributed by atoms with E-state index in [1.165, 1.54) is 39.9 Å². The van der Waals surface area contributed by atoms with Gasteiger partial charge in [0.25, 0.3) is 5.91 Å². The number of para-hydroxylation sites is 1. The smallest absolute Gasteiger partial charge is 0.345 e. The largest absolute Gasteiger partial charge is 0.422 e. The Morgan fingerprint density at radius 3 is 2.55 bits per heavy atom. The molecule has 3 heterocycles. The molecule has 1 fully saturated rings. The van der Waals surface area contributed by atoms with Crippen molar-refractivity contribution in [2.75, 3.05) is 18.4 Å². The van der Waals surface area contributed by atoms with Crippen LogP contribution in [0.1, 0.15) is 23.2 Å². The SMILES string of the molecule is O=C(Nc1nc(-c2cc3ccccc3oc2=O)cs1)c1ccc(S(=O)(=O)N2CCCC2)cc1. The Kier molecular flexibility index (Phi) is 5.57. The summed E-state index contributed by atoms with van der Waals surface area (Å²) < 4.78 is 32.1. The summed E-state index contributed by atoms with van der Waals surface area (Å²) in [4.78, 5) is 29.5. The number of nitrogens with zero attached hydrogens (tertiary/aromatic N) is 2. The van der Waals surface area contributed by atoms with E-state index in [9.17, 15) is 18.0 Å². The molecule has 0 unspecified atom stereocenters. The normalized spacial score (nSPS) is 14.5. The first-order valence-corrected chi connectivity index (χ1v) is 12.6. The Balaban J connectivity index is 1.33. The molecule has 1 aliphatic rings. The highest BCUT2D eigenvalue weighted by Crippen LogP contribution is 2.26. The molecule has 0 radical (unpaired) electrons. The van der Waals surface area contributed by atoms with Crippen LogP contribution >= 0.6 is 11.3 Å². The van der Waals surface area contributed by atoms with Crippen LogP contribution in [-0.2, 0) is 10.0 Å². The van der Waals surface area contributed by atoms with Crippen molar-refractivity contribution in [3.63, 3.8) is 0 Å². The summed E-state index contributed by atoms with van der Waals surface area (Å²) in [6.45, 7) is 1.04. The Morgan fingerprint density at radius 1 is 1.06 bits per heavy atom. The Bertz CT molecular complexity index is 1500. The van der Waals surface area contributed by atoms with Gasteiger partial charge in [0, 0.05) is 29.4 Å². The van der Waals surface area contributed by atoms with Crippen LogP contribution in [0.2, 0.25) is 0 Å². The summed E-state index contributed by atoms with van der Waals surface area (Å²) >= 11 is 1.18. The average Bonchev–Trinajstić information content (AvgIpc) is 3.52. The van der Waals surface area contributed by atoms with Crippen molar-refractivity contribution in [1.29, 1.82) is 0 Å². The van der Waals surface area contributed by atoms with Crippen LogP contribution < -0.4 is 10.9 Å². The zero-order valence-corrected chi connectivity index (χ0v) is 19.0. The van der Waals surface area contributed by atoms with Crippen molar-refractivity contribution in [2.45, 2.75) is 17.7 Å². The zero-order valence-electron chi connectivity index (χ0n) is 17.4. The van der Waals surface area contributed by atoms with Crippen molar-refractivity contribution < 1.29 is 17.6 Å². The lowest BCUT2D eigenvalue weighted by Gasteiger charge is -2.15. The highest BCUT2D eigenvalue weighted by Gasteiger charge is 2.27. The van der Waals surface area contributed by atoms with Gasteiger partial charge in [0.1, 0.15) is 5.58 Å². The second-order valence-electron chi connectivity index (χ2n) is 7.61.